The van der Waals surface area contributed by atoms with Gasteiger partial charge in [-0.05, 0) is 25.1 Å². The summed E-state index contributed by atoms with van der Waals surface area (Å²) in [6.07, 6.45) is -9.02. The molecule has 4 rings (SSSR count). The number of benzene rings is 1. The van der Waals surface area contributed by atoms with Crippen molar-refractivity contribution in [1.29, 1.82) is 0 Å². The number of amides is 1. The van der Waals surface area contributed by atoms with Gasteiger partial charge in [0.25, 0.3) is 5.91 Å². The van der Waals surface area contributed by atoms with Crippen LogP contribution in [0.1, 0.15) is 23.8 Å². The normalized spacial score (nSPS) is 21.2. The monoisotopic (exact) mass is 567 g/mol. The summed E-state index contributed by atoms with van der Waals surface area (Å²) < 4.78 is 69.2. The van der Waals surface area contributed by atoms with Gasteiger partial charge in [-0.1, -0.05) is 31.2 Å². The average molecular weight is 567 g/mol. The number of carbonyl (C=O) groups is 3. The van der Waals surface area contributed by atoms with Gasteiger partial charge < -0.3 is 24.7 Å². The minimum Gasteiger partial charge on any atom is -0.475 e. The van der Waals surface area contributed by atoms with Gasteiger partial charge in [0.1, 0.15) is 5.69 Å². The Labute approximate surface area is 219 Å². The Balaban J connectivity index is 0.000000317. The molecule has 2 aliphatic rings. The number of carbonyl (C=O) groups excluding carboxylic acids is 1. The van der Waals surface area contributed by atoms with Crippen molar-refractivity contribution in [1.82, 2.24) is 14.8 Å². The number of hydrogen-bond donors (Lipinski definition) is 2. The molecule has 2 aromatic rings. The summed E-state index contributed by atoms with van der Waals surface area (Å²) in [6.45, 7) is 5.87. The number of nitrogens with zero attached hydrogens (tertiary/aromatic N) is 3. The molecule has 0 unspecified atom stereocenters. The van der Waals surface area contributed by atoms with Crippen LogP contribution in [0.3, 0.4) is 0 Å². The third-order valence-corrected chi connectivity index (χ3v) is 6.25. The summed E-state index contributed by atoms with van der Waals surface area (Å²) in [5.74, 6) is -5.07. The largest absolute Gasteiger partial charge is 0.490 e. The zero-order valence-electron chi connectivity index (χ0n) is 20.9. The Morgan fingerprint density at radius 1 is 0.974 bits per heavy atom. The molecule has 1 aromatic carbocycles. The zero-order valence-corrected chi connectivity index (χ0v) is 20.9. The van der Waals surface area contributed by atoms with E-state index in [4.69, 9.17) is 24.5 Å². The fourth-order valence-corrected chi connectivity index (χ4v) is 4.37. The van der Waals surface area contributed by atoms with Crippen LogP contribution in [-0.4, -0.2) is 101 Å². The third-order valence-electron chi connectivity index (χ3n) is 6.25. The SMILES string of the molecule is CCN1C[C@H]2[C@@H](C1)N(C(=O)c1ccc3ccccc3n1)CC[C@H]2OC.O=C(O)C(F)(F)F.O=C(O)C(F)(F)F. The first-order valence-corrected chi connectivity index (χ1v) is 11.6. The molecule has 0 saturated carbocycles. The number of pyridine rings is 1. The molecular formula is C24H27F6N3O6. The second-order valence-corrected chi connectivity index (χ2v) is 8.64. The molecule has 2 saturated heterocycles. The van der Waals surface area contributed by atoms with Crippen LogP contribution < -0.4 is 0 Å². The van der Waals surface area contributed by atoms with Crippen molar-refractivity contribution in [2.24, 2.45) is 5.92 Å². The topological polar surface area (TPSA) is 120 Å². The molecule has 216 valence electrons. The number of carboxylic acids is 2. The maximum atomic E-state index is 13.2. The number of aromatic nitrogens is 1. The van der Waals surface area contributed by atoms with Crippen LogP contribution in [0.15, 0.2) is 36.4 Å². The summed E-state index contributed by atoms with van der Waals surface area (Å²) in [7, 11) is 1.79. The van der Waals surface area contributed by atoms with Crippen LogP contribution in [0.5, 0.6) is 0 Å². The number of para-hydroxylation sites is 1. The quantitative estimate of drug-likeness (QED) is 0.540. The minimum atomic E-state index is -5.08. The van der Waals surface area contributed by atoms with E-state index in [0.717, 1.165) is 43.5 Å². The molecule has 9 nitrogen and oxygen atoms in total. The van der Waals surface area contributed by atoms with Crippen molar-refractivity contribution in [2.45, 2.75) is 37.8 Å². The fourth-order valence-electron chi connectivity index (χ4n) is 4.37. The van der Waals surface area contributed by atoms with Crippen molar-refractivity contribution in [2.75, 3.05) is 33.3 Å². The van der Waals surface area contributed by atoms with E-state index in [1.54, 1.807) is 7.11 Å². The summed E-state index contributed by atoms with van der Waals surface area (Å²) >= 11 is 0. The molecule has 0 spiro atoms. The molecule has 39 heavy (non-hydrogen) atoms. The van der Waals surface area contributed by atoms with E-state index in [1.807, 2.05) is 41.3 Å². The number of alkyl halides is 6. The molecule has 1 aromatic heterocycles. The summed E-state index contributed by atoms with van der Waals surface area (Å²) in [4.78, 5) is 40.0. The first-order valence-electron chi connectivity index (χ1n) is 11.6. The van der Waals surface area contributed by atoms with Gasteiger partial charge >= 0.3 is 24.3 Å². The average Bonchev–Trinajstić information content (AvgIpc) is 3.32. The number of hydrogen-bond acceptors (Lipinski definition) is 6. The smallest absolute Gasteiger partial charge is 0.475 e. The van der Waals surface area contributed by atoms with Gasteiger partial charge in [0.15, 0.2) is 0 Å². The van der Waals surface area contributed by atoms with Crippen molar-refractivity contribution >= 4 is 28.7 Å². The van der Waals surface area contributed by atoms with Crippen LogP contribution >= 0.6 is 0 Å². The first-order chi connectivity index (χ1) is 18.1. The Bertz CT molecular complexity index is 1140. The lowest BCUT2D eigenvalue weighted by Gasteiger charge is -2.41. The van der Waals surface area contributed by atoms with Gasteiger partial charge in [-0.15, -0.1) is 0 Å². The van der Waals surface area contributed by atoms with Crippen molar-refractivity contribution < 1.29 is 55.7 Å². The summed E-state index contributed by atoms with van der Waals surface area (Å²) in [5, 5.41) is 15.3. The van der Waals surface area contributed by atoms with Crippen LogP contribution in [0.4, 0.5) is 26.3 Å². The van der Waals surface area contributed by atoms with Crippen LogP contribution in [0.25, 0.3) is 10.9 Å². The number of ether oxygens (including phenoxy) is 1. The van der Waals surface area contributed by atoms with Gasteiger partial charge in [0.05, 0.1) is 17.7 Å². The molecule has 3 atom stereocenters. The van der Waals surface area contributed by atoms with E-state index in [9.17, 15) is 31.1 Å². The number of rotatable bonds is 3. The molecule has 2 N–H and O–H groups in total. The molecule has 0 aliphatic carbocycles. The lowest BCUT2D eigenvalue weighted by Crippen LogP contribution is -2.53. The van der Waals surface area contributed by atoms with Gasteiger partial charge in [-0.2, -0.15) is 26.3 Å². The maximum Gasteiger partial charge on any atom is 0.490 e. The highest BCUT2D eigenvalue weighted by Crippen LogP contribution is 2.33. The van der Waals surface area contributed by atoms with E-state index in [2.05, 4.69) is 16.8 Å². The Hall–Kier alpha value is -3.46. The van der Waals surface area contributed by atoms with Crippen LogP contribution in [-0.2, 0) is 14.3 Å². The zero-order chi connectivity index (χ0) is 29.5. The first kappa shape index (κ1) is 31.8. The van der Waals surface area contributed by atoms with Gasteiger partial charge in [0.2, 0.25) is 0 Å². The molecule has 3 heterocycles. The second-order valence-electron chi connectivity index (χ2n) is 8.64. The number of carboxylic acid groups (broad SMARTS) is 2. The number of likely N-dealkylation sites (tertiary alicyclic amines) is 2. The van der Waals surface area contributed by atoms with Crippen molar-refractivity contribution in [3.05, 3.63) is 42.1 Å². The van der Waals surface area contributed by atoms with Crippen molar-refractivity contribution in [3.63, 3.8) is 0 Å². The summed E-state index contributed by atoms with van der Waals surface area (Å²) in [6, 6.07) is 12.0. The van der Waals surface area contributed by atoms with E-state index >= 15 is 0 Å². The fraction of sp³-hybridized carbons (Fsp3) is 0.500. The predicted octanol–water partition coefficient (Wildman–Crippen LogP) is 3.68. The number of methoxy groups -OCH3 is 1. The van der Waals surface area contributed by atoms with E-state index in [0.29, 0.717) is 11.6 Å². The van der Waals surface area contributed by atoms with Crippen LogP contribution in [0.2, 0.25) is 0 Å². The molecular weight excluding hydrogens is 540 g/mol. The van der Waals surface area contributed by atoms with Gasteiger partial charge in [0, 0.05) is 38.0 Å². The highest BCUT2D eigenvalue weighted by atomic mass is 19.4. The lowest BCUT2D eigenvalue weighted by molar-refractivity contribution is -0.193. The third kappa shape index (κ3) is 8.51. The van der Waals surface area contributed by atoms with E-state index in [1.165, 1.54) is 0 Å². The van der Waals surface area contributed by atoms with Gasteiger partial charge in [-0.25, -0.2) is 14.6 Å². The second kappa shape index (κ2) is 13.1. The number of fused-ring (bicyclic) bond motifs is 2. The van der Waals surface area contributed by atoms with E-state index in [-0.39, 0.29) is 18.1 Å². The number of likely N-dealkylation sites (N-methyl/N-ethyl adjacent to an activating group) is 1. The Morgan fingerprint density at radius 2 is 1.54 bits per heavy atom. The molecule has 2 aliphatic heterocycles. The molecule has 0 radical (unpaired) electrons. The van der Waals surface area contributed by atoms with Gasteiger partial charge in [-0.3, -0.25) is 4.79 Å². The van der Waals surface area contributed by atoms with Crippen LogP contribution in [0, 0.1) is 5.92 Å². The maximum absolute atomic E-state index is 13.2. The minimum absolute atomic E-state index is 0.0493. The Morgan fingerprint density at radius 3 is 2.05 bits per heavy atom. The highest BCUT2D eigenvalue weighted by Gasteiger charge is 2.46. The molecule has 15 heteroatoms. The molecule has 1 amide bonds. The Kier molecular flexibility index (Phi) is 10.6. The predicted molar refractivity (Wildman–Crippen MR) is 125 cm³/mol. The lowest BCUT2D eigenvalue weighted by atomic mass is 9.88. The van der Waals surface area contributed by atoms with Crippen molar-refractivity contribution in [3.8, 4) is 0 Å². The standard InChI is InChI=1S/C20H25N3O2.2C2HF3O2/c1-3-22-12-15-18(13-22)23(11-10-19(15)25-2)20(24)17-9-8-14-6-4-5-7-16(14)21-17;2*3-2(4,5)1(6)7/h4-9,15,18-19H,3,10-13H2,1-2H3;2*(H,6,7)/t15-,18+,19+;;/m0../s1. The molecule has 0 bridgehead atoms. The van der Waals surface area contributed by atoms with E-state index < -0.39 is 24.3 Å². The molecule has 2 fully saturated rings. The highest BCUT2D eigenvalue weighted by molar-refractivity contribution is 5.95. The number of halogens is 6. The summed E-state index contributed by atoms with van der Waals surface area (Å²) in [5.41, 5.74) is 1.42. The number of piperidine rings is 1. The number of aliphatic carboxylic acids is 2.